The molecule has 1 aromatic heterocycles. The summed E-state index contributed by atoms with van der Waals surface area (Å²) in [4.78, 5) is 0. The highest BCUT2D eigenvalue weighted by Crippen LogP contribution is 2.33. The van der Waals surface area contributed by atoms with Crippen LogP contribution in [-0.4, -0.2) is 15.0 Å². The van der Waals surface area contributed by atoms with Crippen molar-refractivity contribution >= 4 is 26.7 Å². The molecule has 96 valence electrons. The summed E-state index contributed by atoms with van der Waals surface area (Å²) in [6.45, 7) is 0.408. The second-order valence-electron chi connectivity index (χ2n) is 4.27. The molecular weight excluding hydrogens is 306 g/mol. The lowest BCUT2D eigenvalue weighted by Gasteiger charge is -2.09. The van der Waals surface area contributed by atoms with E-state index in [1.807, 2.05) is 37.5 Å². The van der Waals surface area contributed by atoms with Gasteiger partial charge in [-0.2, -0.15) is 0 Å². The zero-order valence-electron chi connectivity index (χ0n) is 10.4. The Morgan fingerprint density at radius 1 is 1.21 bits per heavy atom. The van der Waals surface area contributed by atoms with Crippen LogP contribution in [0.4, 0.5) is 0 Å². The van der Waals surface area contributed by atoms with Crippen molar-refractivity contribution in [2.24, 2.45) is 7.05 Å². The van der Waals surface area contributed by atoms with E-state index in [1.165, 1.54) is 5.39 Å². The Balaban J connectivity index is 1.87. The Bertz CT molecular complexity index is 724. The van der Waals surface area contributed by atoms with Crippen molar-refractivity contribution < 1.29 is 4.74 Å². The first-order valence-electron chi connectivity index (χ1n) is 5.89. The molecule has 1 heterocycles. The molecular formula is C14H12BrN3O. The van der Waals surface area contributed by atoms with E-state index in [4.69, 9.17) is 4.74 Å². The maximum absolute atomic E-state index is 5.78. The molecule has 0 spiro atoms. The number of rotatable bonds is 3. The molecule has 19 heavy (non-hydrogen) atoms. The van der Waals surface area contributed by atoms with Crippen LogP contribution in [0.25, 0.3) is 10.8 Å². The lowest BCUT2D eigenvalue weighted by Crippen LogP contribution is -1.96. The number of ether oxygens (including phenoxy) is 1. The molecule has 5 heteroatoms. The predicted octanol–water partition coefficient (Wildman–Crippen LogP) is 3.31. The normalized spacial score (nSPS) is 10.8. The van der Waals surface area contributed by atoms with Gasteiger partial charge in [0.15, 0.2) is 0 Å². The van der Waals surface area contributed by atoms with E-state index >= 15 is 0 Å². The van der Waals surface area contributed by atoms with Gasteiger partial charge < -0.3 is 4.74 Å². The summed E-state index contributed by atoms with van der Waals surface area (Å²) in [6.07, 6.45) is 1.84. The number of benzene rings is 2. The lowest BCUT2D eigenvalue weighted by molar-refractivity contribution is 0.299. The average Bonchev–Trinajstić information content (AvgIpc) is 2.84. The van der Waals surface area contributed by atoms with Gasteiger partial charge in [-0.1, -0.05) is 35.5 Å². The van der Waals surface area contributed by atoms with Crippen molar-refractivity contribution in [3.63, 3.8) is 0 Å². The number of aromatic nitrogens is 3. The monoisotopic (exact) mass is 317 g/mol. The SMILES string of the molecule is Cn1cc(COc2ccc3ccccc3c2Br)nn1. The molecule has 0 saturated carbocycles. The molecule has 0 radical (unpaired) electrons. The maximum atomic E-state index is 5.78. The van der Waals surface area contributed by atoms with Gasteiger partial charge in [0.05, 0.1) is 10.7 Å². The summed E-state index contributed by atoms with van der Waals surface area (Å²) < 4.78 is 8.41. The van der Waals surface area contributed by atoms with Crippen LogP contribution in [-0.2, 0) is 13.7 Å². The van der Waals surface area contributed by atoms with E-state index in [-0.39, 0.29) is 0 Å². The zero-order chi connectivity index (χ0) is 13.2. The minimum Gasteiger partial charge on any atom is -0.486 e. The number of fused-ring (bicyclic) bond motifs is 1. The maximum Gasteiger partial charge on any atom is 0.134 e. The molecule has 0 saturated heterocycles. The Morgan fingerprint density at radius 3 is 2.84 bits per heavy atom. The molecule has 0 aliphatic carbocycles. The molecule has 0 atom stereocenters. The minimum atomic E-state index is 0.408. The number of aryl methyl sites for hydroxylation is 1. The standard InChI is InChI=1S/C14H12BrN3O/c1-18-8-11(16-17-18)9-19-13-7-6-10-4-2-3-5-12(10)14(13)15/h2-8H,9H2,1H3. The number of nitrogens with zero attached hydrogens (tertiary/aromatic N) is 3. The van der Waals surface area contributed by atoms with Gasteiger partial charge in [-0.15, -0.1) is 5.10 Å². The third-order valence-electron chi connectivity index (χ3n) is 2.85. The van der Waals surface area contributed by atoms with Gasteiger partial charge >= 0.3 is 0 Å². The van der Waals surface area contributed by atoms with Gasteiger partial charge in [0, 0.05) is 7.05 Å². The van der Waals surface area contributed by atoms with Crippen LogP contribution in [0, 0.1) is 0 Å². The van der Waals surface area contributed by atoms with Crippen molar-refractivity contribution in [1.29, 1.82) is 0 Å². The molecule has 2 aromatic carbocycles. The van der Waals surface area contributed by atoms with E-state index in [1.54, 1.807) is 4.68 Å². The minimum absolute atomic E-state index is 0.408. The second-order valence-corrected chi connectivity index (χ2v) is 5.06. The first-order valence-corrected chi connectivity index (χ1v) is 6.68. The van der Waals surface area contributed by atoms with E-state index in [2.05, 4.69) is 38.4 Å². The summed E-state index contributed by atoms with van der Waals surface area (Å²) in [6, 6.07) is 12.2. The Kier molecular flexibility index (Phi) is 3.21. The molecule has 0 aliphatic heterocycles. The Labute approximate surface area is 119 Å². The van der Waals surface area contributed by atoms with E-state index in [0.29, 0.717) is 6.61 Å². The van der Waals surface area contributed by atoms with Crippen molar-refractivity contribution in [2.45, 2.75) is 6.61 Å². The summed E-state index contributed by atoms with van der Waals surface area (Å²) in [5.74, 6) is 0.810. The van der Waals surface area contributed by atoms with Gasteiger partial charge in [0.25, 0.3) is 0 Å². The highest BCUT2D eigenvalue weighted by Gasteiger charge is 2.07. The topological polar surface area (TPSA) is 39.9 Å². The van der Waals surface area contributed by atoms with Crippen LogP contribution in [0.3, 0.4) is 0 Å². The van der Waals surface area contributed by atoms with Crippen LogP contribution in [0.15, 0.2) is 47.1 Å². The molecule has 3 rings (SSSR count). The van der Waals surface area contributed by atoms with Gasteiger partial charge in [0.2, 0.25) is 0 Å². The van der Waals surface area contributed by atoms with Gasteiger partial charge in [0.1, 0.15) is 18.1 Å². The number of hydrogen-bond donors (Lipinski definition) is 0. The molecule has 0 unspecified atom stereocenters. The Hall–Kier alpha value is -1.88. The lowest BCUT2D eigenvalue weighted by atomic mass is 10.1. The number of hydrogen-bond acceptors (Lipinski definition) is 3. The van der Waals surface area contributed by atoms with Gasteiger partial charge in [-0.05, 0) is 32.8 Å². The van der Waals surface area contributed by atoms with E-state index in [9.17, 15) is 0 Å². The quantitative estimate of drug-likeness (QED) is 0.744. The smallest absolute Gasteiger partial charge is 0.134 e. The average molecular weight is 318 g/mol. The Morgan fingerprint density at radius 2 is 2.05 bits per heavy atom. The van der Waals surface area contributed by atoms with Crippen LogP contribution < -0.4 is 4.74 Å². The first kappa shape index (κ1) is 12.2. The fourth-order valence-corrected chi connectivity index (χ4v) is 2.55. The largest absolute Gasteiger partial charge is 0.486 e. The van der Waals surface area contributed by atoms with Gasteiger partial charge in [-0.25, -0.2) is 0 Å². The fraction of sp³-hybridized carbons (Fsp3) is 0.143. The fourth-order valence-electron chi connectivity index (χ4n) is 1.94. The summed E-state index contributed by atoms with van der Waals surface area (Å²) in [5.41, 5.74) is 0.808. The highest BCUT2D eigenvalue weighted by molar-refractivity contribution is 9.10. The van der Waals surface area contributed by atoms with Crippen LogP contribution in [0.1, 0.15) is 5.69 Å². The van der Waals surface area contributed by atoms with E-state index in [0.717, 1.165) is 21.3 Å². The van der Waals surface area contributed by atoms with Gasteiger partial charge in [-0.3, -0.25) is 4.68 Å². The molecule has 0 amide bonds. The second kappa shape index (κ2) is 5.01. The van der Waals surface area contributed by atoms with Crippen LogP contribution >= 0.6 is 15.9 Å². The van der Waals surface area contributed by atoms with Crippen molar-refractivity contribution in [3.8, 4) is 5.75 Å². The predicted molar refractivity (Wildman–Crippen MR) is 77.0 cm³/mol. The van der Waals surface area contributed by atoms with Crippen molar-refractivity contribution in [2.75, 3.05) is 0 Å². The summed E-state index contributed by atoms with van der Waals surface area (Å²) in [7, 11) is 1.84. The van der Waals surface area contributed by atoms with Crippen molar-refractivity contribution in [3.05, 3.63) is 52.8 Å². The molecule has 0 fully saturated rings. The first-order chi connectivity index (χ1) is 9.24. The number of halogens is 1. The van der Waals surface area contributed by atoms with E-state index < -0.39 is 0 Å². The third kappa shape index (κ3) is 2.46. The molecule has 0 N–H and O–H groups in total. The molecule has 4 nitrogen and oxygen atoms in total. The van der Waals surface area contributed by atoms with Crippen LogP contribution in [0.5, 0.6) is 5.75 Å². The van der Waals surface area contributed by atoms with Crippen LogP contribution in [0.2, 0.25) is 0 Å². The molecule has 0 aliphatic rings. The summed E-state index contributed by atoms with van der Waals surface area (Å²) in [5, 5.41) is 10.2. The van der Waals surface area contributed by atoms with Crippen molar-refractivity contribution in [1.82, 2.24) is 15.0 Å². The summed E-state index contributed by atoms with van der Waals surface area (Å²) >= 11 is 3.59. The highest BCUT2D eigenvalue weighted by atomic mass is 79.9. The molecule has 0 bridgehead atoms. The zero-order valence-corrected chi connectivity index (χ0v) is 12.0. The third-order valence-corrected chi connectivity index (χ3v) is 3.67. The molecule has 3 aromatic rings.